The number of benzene rings is 1. The van der Waals surface area contributed by atoms with Gasteiger partial charge in [-0.2, -0.15) is 0 Å². The molecule has 1 saturated carbocycles. The summed E-state index contributed by atoms with van der Waals surface area (Å²) in [7, 11) is 0. The molecule has 1 aliphatic carbocycles. The summed E-state index contributed by atoms with van der Waals surface area (Å²) in [6, 6.07) is 7.24. The lowest BCUT2D eigenvalue weighted by molar-refractivity contribution is -0.384. The van der Waals surface area contributed by atoms with Crippen LogP contribution in [0.5, 0.6) is 0 Å². The van der Waals surface area contributed by atoms with Gasteiger partial charge in [0, 0.05) is 24.2 Å². The molecule has 2 rings (SSSR count). The molecule has 1 fully saturated rings. The maximum Gasteiger partial charge on any atom is 0.308 e. The standard InChI is InChI=1S/C18H26N2O4/c1-3-17(14-6-5-7-16(12-14)20(22)23)19-15-10-8-13(9-11-15)18(21)24-4-2/h5-7,12-13,15,17,19H,3-4,8-11H2,1-2H3. The van der Waals surface area contributed by atoms with Crippen LogP contribution in [0.1, 0.15) is 57.6 Å². The third-order valence-electron chi connectivity index (χ3n) is 4.68. The van der Waals surface area contributed by atoms with E-state index in [1.54, 1.807) is 12.1 Å². The van der Waals surface area contributed by atoms with Crippen molar-refractivity contribution in [3.8, 4) is 0 Å². The molecule has 132 valence electrons. The Morgan fingerprint density at radius 3 is 2.62 bits per heavy atom. The third-order valence-corrected chi connectivity index (χ3v) is 4.68. The maximum absolute atomic E-state index is 11.8. The predicted octanol–water partition coefficient (Wildman–Crippen LogP) is 3.76. The highest BCUT2D eigenvalue weighted by atomic mass is 16.6. The number of nitrogens with zero attached hydrogens (tertiary/aromatic N) is 1. The second kappa shape index (κ2) is 8.78. The molecule has 0 aromatic heterocycles. The van der Waals surface area contributed by atoms with Crippen molar-refractivity contribution in [1.29, 1.82) is 0 Å². The Hall–Kier alpha value is -1.95. The topological polar surface area (TPSA) is 81.5 Å². The van der Waals surface area contributed by atoms with Crippen molar-refractivity contribution < 1.29 is 14.5 Å². The number of carbonyl (C=O) groups is 1. The molecular formula is C18H26N2O4. The number of hydrogen-bond donors (Lipinski definition) is 1. The van der Waals surface area contributed by atoms with Crippen LogP contribution >= 0.6 is 0 Å². The normalized spacial score (nSPS) is 21.9. The van der Waals surface area contributed by atoms with E-state index < -0.39 is 0 Å². The van der Waals surface area contributed by atoms with E-state index in [-0.39, 0.29) is 28.5 Å². The number of nitro benzene ring substituents is 1. The molecule has 1 atom stereocenters. The highest BCUT2D eigenvalue weighted by Crippen LogP contribution is 2.29. The van der Waals surface area contributed by atoms with E-state index in [0.29, 0.717) is 12.6 Å². The minimum Gasteiger partial charge on any atom is -0.466 e. The van der Waals surface area contributed by atoms with E-state index in [4.69, 9.17) is 4.74 Å². The fourth-order valence-electron chi connectivity index (χ4n) is 3.35. The van der Waals surface area contributed by atoms with Crippen molar-refractivity contribution in [2.45, 2.75) is 58.0 Å². The SMILES string of the molecule is CCOC(=O)C1CCC(NC(CC)c2cccc([N+](=O)[O-])c2)CC1. The van der Waals surface area contributed by atoms with Crippen LogP contribution in [0, 0.1) is 16.0 Å². The summed E-state index contributed by atoms with van der Waals surface area (Å²) in [6.45, 7) is 4.33. The van der Waals surface area contributed by atoms with Crippen molar-refractivity contribution in [2.24, 2.45) is 5.92 Å². The lowest BCUT2D eigenvalue weighted by atomic mass is 9.85. The summed E-state index contributed by atoms with van der Waals surface area (Å²) in [5, 5.41) is 14.6. The maximum atomic E-state index is 11.8. The summed E-state index contributed by atoms with van der Waals surface area (Å²) in [5.74, 6) is -0.0671. The molecule has 0 aliphatic heterocycles. The Labute approximate surface area is 142 Å². The van der Waals surface area contributed by atoms with Gasteiger partial charge in [0.2, 0.25) is 0 Å². The van der Waals surface area contributed by atoms with Crippen molar-refractivity contribution in [3.63, 3.8) is 0 Å². The van der Waals surface area contributed by atoms with Crippen LogP contribution in [0.3, 0.4) is 0 Å². The van der Waals surface area contributed by atoms with E-state index in [1.165, 1.54) is 6.07 Å². The van der Waals surface area contributed by atoms with Crippen molar-refractivity contribution >= 4 is 11.7 Å². The molecule has 0 amide bonds. The molecule has 6 heteroatoms. The average Bonchev–Trinajstić information content (AvgIpc) is 2.60. The Morgan fingerprint density at radius 1 is 1.33 bits per heavy atom. The highest BCUT2D eigenvalue weighted by molar-refractivity contribution is 5.72. The van der Waals surface area contributed by atoms with Gasteiger partial charge in [0.25, 0.3) is 5.69 Å². The predicted molar refractivity (Wildman–Crippen MR) is 91.6 cm³/mol. The van der Waals surface area contributed by atoms with E-state index in [0.717, 1.165) is 37.7 Å². The first kappa shape index (κ1) is 18.4. The van der Waals surface area contributed by atoms with Gasteiger partial charge in [-0.15, -0.1) is 0 Å². The Kier molecular flexibility index (Phi) is 6.73. The average molecular weight is 334 g/mol. The molecule has 6 nitrogen and oxygen atoms in total. The van der Waals surface area contributed by atoms with Crippen LogP contribution in [-0.2, 0) is 9.53 Å². The summed E-state index contributed by atoms with van der Waals surface area (Å²) < 4.78 is 5.10. The number of nitrogens with one attached hydrogen (secondary N) is 1. The number of nitro groups is 1. The number of non-ortho nitro benzene ring substituents is 1. The lowest BCUT2D eigenvalue weighted by Crippen LogP contribution is -2.37. The first-order valence-corrected chi connectivity index (χ1v) is 8.72. The summed E-state index contributed by atoms with van der Waals surface area (Å²) >= 11 is 0. The molecule has 0 saturated heterocycles. The molecule has 0 heterocycles. The number of hydrogen-bond acceptors (Lipinski definition) is 5. The molecule has 24 heavy (non-hydrogen) atoms. The number of esters is 1. The van der Waals surface area contributed by atoms with Gasteiger partial charge in [-0.1, -0.05) is 19.1 Å². The van der Waals surface area contributed by atoms with E-state index in [1.807, 2.05) is 13.0 Å². The van der Waals surface area contributed by atoms with Crippen LogP contribution < -0.4 is 5.32 Å². The first-order chi connectivity index (χ1) is 11.5. The van der Waals surface area contributed by atoms with Gasteiger partial charge in [0.1, 0.15) is 0 Å². The van der Waals surface area contributed by atoms with E-state index in [9.17, 15) is 14.9 Å². The fraction of sp³-hybridized carbons (Fsp3) is 0.611. The van der Waals surface area contributed by atoms with Crippen LogP contribution in [0.25, 0.3) is 0 Å². The Morgan fingerprint density at radius 2 is 2.04 bits per heavy atom. The van der Waals surface area contributed by atoms with Crippen molar-refractivity contribution in [2.75, 3.05) is 6.61 Å². The zero-order chi connectivity index (χ0) is 17.5. The van der Waals surface area contributed by atoms with Gasteiger partial charge in [0.15, 0.2) is 0 Å². The minimum atomic E-state index is -0.360. The van der Waals surface area contributed by atoms with Crippen LogP contribution in [0.15, 0.2) is 24.3 Å². The van der Waals surface area contributed by atoms with Crippen LogP contribution in [-0.4, -0.2) is 23.5 Å². The molecule has 1 aliphatic rings. The lowest BCUT2D eigenvalue weighted by Gasteiger charge is -2.31. The van der Waals surface area contributed by atoms with Gasteiger partial charge in [0.05, 0.1) is 17.4 Å². The number of carbonyl (C=O) groups excluding carboxylic acids is 1. The summed E-state index contributed by atoms with van der Waals surface area (Å²) in [6.07, 6.45) is 4.38. The van der Waals surface area contributed by atoms with Gasteiger partial charge in [-0.3, -0.25) is 14.9 Å². The Bertz CT molecular complexity index is 568. The van der Waals surface area contributed by atoms with Gasteiger partial charge < -0.3 is 10.1 Å². The number of rotatable bonds is 7. The molecule has 1 unspecified atom stereocenters. The van der Waals surface area contributed by atoms with Crippen LogP contribution in [0.4, 0.5) is 5.69 Å². The number of ether oxygens (including phenoxy) is 1. The van der Waals surface area contributed by atoms with E-state index >= 15 is 0 Å². The first-order valence-electron chi connectivity index (χ1n) is 8.72. The van der Waals surface area contributed by atoms with Crippen molar-refractivity contribution in [1.82, 2.24) is 5.32 Å². The van der Waals surface area contributed by atoms with Gasteiger partial charge in [-0.25, -0.2) is 0 Å². The summed E-state index contributed by atoms with van der Waals surface area (Å²) in [4.78, 5) is 22.4. The van der Waals surface area contributed by atoms with Gasteiger partial charge in [-0.05, 0) is 44.6 Å². The molecule has 1 aromatic carbocycles. The zero-order valence-electron chi connectivity index (χ0n) is 14.4. The minimum absolute atomic E-state index is 0.0147. The quantitative estimate of drug-likeness (QED) is 0.466. The smallest absolute Gasteiger partial charge is 0.308 e. The monoisotopic (exact) mass is 334 g/mol. The Balaban J connectivity index is 1.93. The molecule has 0 bridgehead atoms. The van der Waals surface area contributed by atoms with Crippen LogP contribution in [0.2, 0.25) is 0 Å². The summed E-state index contributed by atoms with van der Waals surface area (Å²) in [5.41, 5.74) is 1.07. The molecule has 1 N–H and O–H groups in total. The highest BCUT2D eigenvalue weighted by Gasteiger charge is 2.28. The molecule has 0 radical (unpaired) electrons. The van der Waals surface area contributed by atoms with Gasteiger partial charge >= 0.3 is 5.97 Å². The largest absolute Gasteiger partial charge is 0.466 e. The van der Waals surface area contributed by atoms with E-state index in [2.05, 4.69) is 12.2 Å². The molecule has 1 aromatic rings. The second-order valence-corrected chi connectivity index (χ2v) is 6.28. The third kappa shape index (κ3) is 4.77. The molecular weight excluding hydrogens is 308 g/mol. The fourth-order valence-corrected chi connectivity index (χ4v) is 3.35. The second-order valence-electron chi connectivity index (χ2n) is 6.28. The zero-order valence-corrected chi connectivity index (χ0v) is 14.4. The van der Waals surface area contributed by atoms with Crippen molar-refractivity contribution in [3.05, 3.63) is 39.9 Å². The molecule has 0 spiro atoms.